The summed E-state index contributed by atoms with van der Waals surface area (Å²) in [6.45, 7) is 1.63. The molecule has 0 aliphatic carbocycles. The topological polar surface area (TPSA) is 62.1 Å². The Labute approximate surface area is 123 Å². The van der Waals surface area contributed by atoms with Gasteiger partial charge in [-0.1, -0.05) is 0 Å². The van der Waals surface area contributed by atoms with E-state index >= 15 is 0 Å². The Morgan fingerprint density at radius 1 is 1.20 bits per heavy atom. The van der Waals surface area contributed by atoms with Crippen molar-refractivity contribution in [1.29, 1.82) is 0 Å². The van der Waals surface area contributed by atoms with E-state index in [0.29, 0.717) is 17.3 Å². The molecule has 2 rings (SSSR count). The van der Waals surface area contributed by atoms with Gasteiger partial charge < -0.3 is 14.0 Å². The van der Waals surface area contributed by atoms with Gasteiger partial charge in [0, 0.05) is 20.3 Å². The third-order valence-electron chi connectivity index (χ3n) is 3.12. The van der Waals surface area contributed by atoms with Gasteiger partial charge in [0.05, 0.1) is 13.0 Å². The largest absolute Gasteiger partial charge is 0.479 e. The van der Waals surface area contributed by atoms with Crippen LogP contribution in [0.15, 0.2) is 6.33 Å². The van der Waals surface area contributed by atoms with Crippen molar-refractivity contribution < 1.29 is 9.47 Å². The van der Waals surface area contributed by atoms with Gasteiger partial charge in [-0.25, -0.2) is 9.97 Å². The number of rotatable bonds is 8. The highest BCUT2D eigenvalue weighted by Gasteiger charge is 2.15. The van der Waals surface area contributed by atoms with Gasteiger partial charge in [-0.05, 0) is 19.3 Å². The van der Waals surface area contributed by atoms with E-state index < -0.39 is 0 Å². The highest BCUT2D eigenvalue weighted by atomic mass is 35.5. The average molecular weight is 299 g/mol. The zero-order valence-corrected chi connectivity index (χ0v) is 12.6. The van der Waals surface area contributed by atoms with Crippen LogP contribution in [0.2, 0.25) is 0 Å². The first-order chi connectivity index (χ1) is 9.81. The van der Waals surface area contributed by atoms with Gasteiger partial charge in [0.25, 0.3) is 0 Å². The first-order valence-electron chi connectivity index (χ1n) is 6.60. The number of ether oxygens (including phenoxy) is 2. The number of unbranched alkanes of at least 4 members (excludes halogenated alkanes) is 2. The Hall–Kier alpha value is -1.40. The average Bonchev–Trinajstić information content (AvgIpc) is 2.85. The number of imidazole rings is 1. The Morgan fingerprint density at radius 2 is 2.05 bits per heavy atom. The minimum atomic E-state index is 0.345. The third kappa shape index (κ3) is 3.19. The normalized spacial score (nSPS) is 11.2. The minimum Gasteiger partial charge on any atom is -0.479 e. The van der Waals surface area contributed by atoms with Gasteiger partial charge >= 0.3 is 0 Å². The van der Waals surface area contributed by atoms with Crippen molar-refractivity contribution in [2.75, 3.05) is 20.8 Å². The van der Waals surface area contributed by atoms with Crippen molar-refractivity contribution in [2.24, 2.45) is 0 Å². The molecule has 0 aliphatic heterocycles. The maximum Gasteiger partial charge on any atom is 0.245 e. The monoisotopic (exact) mass is 298 g/mol. The summed E-state index contributed by atoms with van der Waals surface area (Å²) in [6, 6.07) is 0. The fourth-order valence-electron chi connectivity index (χ4n) is 2.14. The molecule has 2 heterocycles. The number of aromatic nitrogens is 4. The Kier molecular flexibility index (Phi) is 5.55. The second-order valence-corrected chi connectivity index (χ2v) is 4.69. The van der Waals surface area contributed by atoms with Crippen molar-refractivity contribution >= 4 is 22.8 Å². The summed E-state index contributed by atoms with van der Waals surface area (Å²) in [4.78, 5) is 12.8. The molecule has 7 heteroatoms. The molecule has 110 valence electrons. The predicted molar refractivity (Wildman–Crippen MR) is 77.2 cm³/mol. The van der Waals surface area contributed by atoms with Crippen LogP contribution >= 0.6 is 11.6 Å². The van der Waals surface area contributed by atoms with E-state index in [9.17, 15) is 0 Å². The van der Waals surface area contributed by atoms with Crippen LogP contribution in [0.25, 0.3) is 11.2 Å². The first-order valence-corrected chi connectivity index (χ1v) is 7.14. The molecule has 0 saturated heterocycles. The van der Waals surface area contributed by atoms with Gasteiger partial charge in [0.1, 0.15) is 12.2 Å². The summed E-state index contributed by atoms with van der Waals surface area (Å²) in [5.74, 6) is 1.63. The molecule has 0 radical (unpaired) electrons. The number of nitrogens with zero attached hydrogens (tertiary/aromatic N) is 4. The third-order valence-corrected chi connectivity index (χ3v) is 3.36. The van der Waals surface area contributed by atoms with E-state index in [1.165, 1.54) is 6.33 Å². The summed E-state index contributed by atoms with van der Waals surface area (Å²) in [5.41, 5.74) is 1.45. The van der Waals surface area contributed by atoms with Crippen molar-refractivity contribution in [3.8, 4) is 5.88 Å². The van der Waals surface area contributed by atoms with Crippen LogP contribution in [-0.4, -0.2) is 40.3 Å². The van der Waals surface area contributed by atoms with Crippen molar-refractivity contribution in [2.45, 2.75) is 31.7 Å². The maximum absolute atomic E-state index is 5.97. The minimum absolute atomic E-state index is 0.345. The number of aryl methyl sites for hydroxylation is 1. The van der Waals surface area contributed by atoms with Gasteiger partial charge in [-0.2, -0.15) is 4.98 Å². The molecule has 20 heavy (non-hydrogen) atoms. The van der Waals surface area contributed by atoms with E-state index in [1.54, 1.807) is 14.2 Å². The summed E-state index contributed by atoms with van der Waals surface area (Å²) in [5, 5.41) is 0. The number of hydrogen-bond donors (Lipinski definition) is 0. The van der Waals surface area contributed by atoms with E-state index in [4.69, 9.17) is 21.1 Å². The fourth-order valence-corrected chi connectivity index (χ4v) is 2.34. The van der Waals surface area contributed by atoms with E-state index in [1.807, 2.05) is 4.57 Å². The standard InChI is InChI=1S/C13H19ClN4O2/c1-19-7-5-3-4-6-18-10(8-14)17-11-12(18)15-9-16-13(11)20-2/h9H,3-8H2,1-2H3. The number of methoxy groups -OCH3 is 2. The highest BCUT2D eigenvalue weighted by molar-refractivity contribution is 6.16. The molecule has 0 atom stereocenters. The fraction of sp³-hybridized carbons (Fsp3) is 0.615. The van der Waals surface area contributed by atoms with Gasteiger partial charge in [0.15, 0.2) is 11.2 Å². The molecule has 0 N–H and O–H groups in total. The van der Waals surface area contributed by atoms with Crippen LogP contribution in [0.4, 0.5) is 0 Å². The zero-order valence-electron chi connectivity index (χ0n) is 11.8. The van der Waals surface area contributed by atoms with E-state index in [0.717, 1.165) is 43.9 Å². The lowest BCUT2D eigenvalue weighted by molar-refractivity contribution is 0.191. The van der Waals surface area contributed by atoms with Crippen LogP contribution in [0.5, 0.6) is 5.88 Å². The first kappa shape index (κ1) is 15.0. The second-order valence-electron chi connectivity index (χ2n) is 4.42. The highest BCUT2D eigenvalue weighted by Crippen LogP contribution is 2.23. The smallest absolute Gasteiger partial charge is 0.245 e. The number of hydrogen-bond acceptors (Lipinski definition) is 5. The summed E-state index contributed by atoms with van der Waals surface area (Å²) >= 11 is 5.97. The van der Waals surface area contributed by atoms with E-state index in [2.05, 4.69) is 15.0 Å². The molecule has 6 nitrogen and oxygen atoms in total. The van der Waals surface area contributed by atoms with Crippen LogP contribution < -0.4 is 4.74 Å². The maximum atomic E-state index is 5.97. The molecule has 0 fully saturated rings. The molecule has 0 spiro atoms. The summed E-state index contributed by atoms with van der Waals surface area (Å²) in [7, 11) is 3.30. The van der Waals surface area contributed by atoms with Gasteiger partial charge in [-0.3, -0.25) is 0 Å². The molecule has 2 aromatic heterocycles. The molecule has 0 bridgehead atoms. The molecule has 2 aromatic rings. The van der Waals surface area contributed by atoms with Crippen LogP contribution in [0.1, 0.15) is 25.1 Å². The molecule has 0 saturated carbocycles. The van der Waals surface area contributed by atoms with Gasteiger partial charge in [0.2, 0.25) is 5.88 Å². The van der Waals surface area contributed by atoms with Crippen molar-refractivity contribution in [3.05, 3.63) is 12.2 Å². The zero-order chi connectivity index (χ0) is 14.4. The van der Waals surface area contributed by atoms with Crippen molar-refractivity contribution in [1.82, 2.24) is 19.5 Å². The second kappa shape index (κ2) is 7.40. The molecule has 0 aliphatic rings. The van der Waals surface area contributed by atoms with Crippen LogP contribution in [0.3, 0.4) is 0 Å². The molecular weight excluding hydrogens is 280 g/mol. The quantitative estimate of drug-likeness (QED) is 0.553. The predicted octanol–water partition coefficient (Wildman–Crippen LogP) is 2.39. The number of alkyl halides is 1. The lowest BCUT2D eigenvalue weighted by Gasteiger charge is -2.07. The van der Waals surface area contributed by atoms with E-state index in [-0.39, 0.29) is 0 Å². The number of halogens is 1. The number of fused-ring (bicyclic) bond motifs is 1. The summed E-state index contributed by atoms with van der Waals surface area (Å²) in [6.07, 6.45) is 4.67. The van der Waals surface area contributed by atoms with Crippen molar-refractivity contribution in [3.63, 3.8) is 0 Å². The molecule has 0 amide bonds. The lowest BCUT2D eigenvalue weighted by atomic mass is 10.2. The van der Waals surface area contributed by atoms with Crippen LogP contribution in [-0.2, 0) is 17.2 Å². The summed E-state index contributed by atoms with van der Waals surface area (Å²) < 4.78 is 12.3. The Balaban J connectivity index is 2.18. The SMILES string of the molecule is COCCCCCn1c(CCl)nc2c(OC)ncnc21. The Morgan fingerprint density at radius 3 is 2.75 bits per heavy atom. The molecule has 0 aromatic carbocycles. The molecular formula is C13H19ClN4O2. The molecule has 0 unspecified atom stereocenters. The lowest BCUT2D eigenvalue weighted by Crippen LogP contribution is -2.04. The Bertz CT molecular complexity index is 559. The van der Waals surface area contributed by atoms with Gasteiger partial charge in [-0.15, -0.1) is 11.6 Å². The van der Waals surface area contributed by atoms with Crippen LogP contribution in [0, 0.1) is 0 Å².